The summed E-state index contributed by atoms with van der Waals surface area (Å²) in [6.07, 6.45) is 1.84. The number of ether oxygens (including phenoxy) is 1. The fourth-order valence-corrected chi connectivity index (χ4v) is 1.91. The second-order valence-corrected chi connectivity index (χ2v) is 4.20. The predicted molar refractivity (Wildman–Crippen MR) is 52.7 cm³/mol. The van der Waals surface area contributed by atoms with Crippen LogP contribution in [0.1, 0.15) is 27.7 Å². The van der Waals surface area contributed by atoms with E-state index >= 15 is 0 Å². The molecule has 3 nitrogen and oxygen atoms in total. The molecule has 0 radical (unpaired) electrons. The van der Waals surface area contributed by atoms with Gasteiger partial charge in [0.25, 0.3) is 0 Å². The van der Waals surface area contributed by atoms with E-state index in [1.807, 2.05) is 19.9 Å². The maximum atomic E-state index is 11.7. The molecular weight excluding hydrogens is 180 g/mol. The average Bonchev–Trinajstić information content (AvgIpc) is 2.21. The van der Waals surface area contributed by atoms with Crippen LogP contribution in [0.25, 0.3) is 0 Å². The highest BCUT2D eigenvalue weighted by Gasteiger charge is 2.45. The largest absolute Gasteiger partial charge is 0.465 e. The highest BCUT2D eigenvalue weighted by atomic mass is 16.5. The molecule has 0 heterocycles. The van der Waals surface area contributed by atoms with Gasteiger partial charge in [0, 0.05) is 5.41 Å². The summed E-state index contributed by atoms with van der Waals surface area (Å²) in [5, 5.41) is 0. The molecule has 0 aromatic heterocycles. The number of rotatable bonds is 2. The zero-order valence-electron chi connectivity index (χ0n) is 9.09. The molecule has 14 heavy (non-hydrogen) atoms. The zero-order chi connectivity index (χ0) is 10.9. The van der Waals surface area contributed by atoms with Crippen LogP contribution in [0, 0.1) is 11.3 Å². The van der Waals surface area contributed by atoms with Gasteiger partial charge in [-0.15, -0.1) is 0 Å². The van der Waals surface area contributed by atoms with E-state index in [-0.39, 0.29) is 5.78 Å². The van der Waals surface area contributed by atoms with Crippen molar-refractivity contribution in [3.8, 4) is 0 Å². The Labute approximate surface area is 84.1 Å². The first-order valence-electron chi connectivity index (χ1n) is 4.80. The normalized spacial score (nSPS) is 24.7. The number of carbonyl (C=O) groups excluding carboxylic acids is 2. The summed E-state index contributed by atoms with van der Waals surface area (Å²) < 4.78 is 4.89. The lowest BCUT2D eigenvalue weighted by Gasteiger charge is -2.22. The number of hydrogen-bond acceptors (Lipinski definition) is 3. The van der Waals surface area contributed by atoms with E-state index in [0.29, 0.717) is 12.2 Å². The molecule has 0 spiro atoms. The Hall–Kier alpha value is -1.12. The van der Waals surface area contributed by atoms with Gasteiger partial charge in [-0.1, -0.05) is 19.9 Å². The topological polar surface area (TPSA) is 43.4 Å². The van der Waals surface area contributed by atoms with Crippen molar-refractivity contribution >= 4 is 11.8 Å². The molecule has 0 N–H and O–H groups in total. The van der Waals surface area contributed by atoms with Gasteiger partial charge in [-0.05, 0) is 19.4 Å². The van der Waals surface area contributed by atoms with Gasteiger partial charge in [0.2, 0.25) is 0 Å². The molecular formula is C11H16O3. The van der Waals surface area contributed by atoms with Crippen LogP contribution < -0.4 is 0 Å². The predicted octanol–water partition coefficient (Wildman–Crippen LogP) is 1.72. The van der Waals surface area contributed by atoms with Crippen LogP contribution in [0.5, 0.6) is 0 Å². The van der Waals surface area contributed by atoms with Crippen molar-refractivity contribution in [3.63, 3.8) is 0 Å². The number of allylic oxidation sites excluding steroid dienone is 2. The minimum Gasteiger partial charge on any atom is -0.465 e. The van der Waals surface area contributed by atoms with E-state index in [9.17, 15) is 9.59 Å². The van der Waals surface area contributed by atoms with E-state index in [2.05, 4.69) is 0 Å². The van der Waals surface area contributed by atoms with Crippen molar-refractivity contribution in [3.05, 3.63) is 11.6 Å². The van der Waals surface area contributed by atoms with E-state index in [1.165, 1.54) is 0 Å². The lowest BCUT2D eigenvalue weighted by molar-refractivity contribution is -0.153. The van der Waals surface area contributed by atoms with E-state index in [0.717, 1.165) is 0 Å². The van der Waals surface area contributed by atoms with E-state index < -0.39 is 17.3 Å². The average molecular weight is 196 g/mol. The smallest absolute Gasteiger partial charge is 0.317 e. The standard InChI is InChI=1S/C11H16O3/c1-5-14-10(13)8-9(12)7(2)6-11(8,3)4/h6,8H,5H2,1-4H3. The van der Waals surface area contributed by atoms with Crippen LogP contribution in [0.3, 0.4) is 0 Å². The summed E-state index contributed by atoms with van der Waals surface area (Å²) in [5.74, 6) is -1.16. The molecule has 1 aliphatic rings. The lowest BCUT2D eigenvalue weighted by Crippen LogP contribution is -2.33. The minimum atomic E-state index is -0.651. The SMILES string of the molecule is CCOC(=O)C1C(=O)C(C)=CC1(C)C. The molecule has 78 valence electrons. The Morgan fingerprint density at radius 2 is 2.14 bits per heavy atom. The first-order valence-corrected chi connectivity index (χ1v) is 4.80. The number of hydrogen-bond donors (Lipinski definition) is 0. The van der Waals surface area contributed by atoms with Gasteiger partial charge in [-0.25, -0.2) is 0 Å². The summed E-state index contributed by atoms with van der Waals surface area (Å²) in [7, 11) is 0. The molecule has 0 aromatic carbocycles. The number of esters is 1. The van der Waals surface area contributed by atoms with Gasteiger partial charge in [0.05, 0.1) is 6.61 Å². The molecule has 0 amide bonds. The Kier molecular flexibility index (Phi) is 2.79. The second-order valence-electron chi connectivity index (χ2n) is 4.20. The fraction of sp³-hybridized carbons (Fsp3) is 0.636. The molecule has 0 fully saturated rings. The molecule has 0 aliphatic heterocycles. The van der Waals surface area contributed by atoms with Crippen molar-refractivity contribution in [2.45, 2.75) is 27.7 Å². The highest BCUT2D eigenvalue weighted by molar-refractivity contribution is 6.11. The van der Waals surface area contributed by atoms with Crippen LogP contribution in [0.4, 0.5) is 0 Å². The summed E-state index contributed by atoms with van der Waals surface area (Å²) in [4.78, 5) is 23.2. The number of Topliss-reactive ketones (excluding diaryl/α,β-unsaturated/α-hetero) is 1. The zero-order valence-corrected chi connectivity index (χ0v) is 9.09. The molecule has 0 saturated heterocycles. The number of carbonyl (C=O) groups is 2. The summed E-state index contributed by atoms with van der Waals surface area (Å²) >= 11 is 0. The van der Waals surface area contributed by atoms with Crippen molar-refractivity contribution in [2.24, 2.45) is 11.3 Å². The molecule has 1 atom stereocenters. The monoisotopic (exact) mass is 196 g/mol. The van der Waals surface area contributed by atoms with Crippen molar-refractivity contribution in [2.75, 3.05) is 6.61 Å². The Morgan fingerprint density at radius 3 is 2.50 bits per heavy atom. The molecule has 1 unspecified atom stereocenters. The molecule has 1 aliphatic carbocycles. The fourth-order valence-electron chi connectivity index (χ4n) is 1.91. The van der Waals surface area contributed by atoms with Crippen LogP contribution in [-0.2, 0) is 14.3 Å². The van der Waals surface area contributed by atoms with Crippen LogP contribution in [0.15, 0.2) is 11.6 Å². The first kappa shape index (κ1) is 11.0. The second kappa shape index (κ2) is 3.56. The van der Waals surface area contributed by atoms with Crippen molar-refractivity contribution in [1.29, 1.82) is 0 Å². The highest BCUT2D eigenvalue weighted by Crippen LogP contribution is 2.38. The Bertz CT molecular complexity index is 300. The number of ketones is 1. The molecule has 0 saturated carbocycles. The quantitative estimate of drug-likeness (QED) is 0.499. The summed E-state index contributed by atoms with van der Waals surface area (Å²) in [6, 6.07) is 0. The first-order chi connectivity index (χ1) is 6.40. The van der Waals surface area contributed by atoms with Gasteiger partial charge in [-0.2, -0.15) is 0 Å². The Morgan fingerprint density at radius 1 is 1.57 bits per heavy atom. The maximum Gasteiger partial charge on any atom is 0.317 e. The molecule has 0 aromatic rings. The van der Waals surface area contributed by atoms with E-state index in [1.54, 1.807) is 13.8 Å². The van der Waals surface area contributed by atoms with Gasteiger partial charge in [0.1, 0.15) is 5.92 Å². The van der Waals surface area contributed by atoms with Crippen LogP contribution >= 0.6 is 0 Å². The molecule has 1 rings (SSSR count). The van der Waals surface area contributed by atoms with Crippen LogP contribution in [0.2, 0.25) is 0 Å². The van der Waals surface area contributed by atoms with E-state index in [4.69, 9.17) is 4.74 Å². The van der Waals surface area contributed by atoms with Gasteiger partial charge >= 0.3 is 5.97 Å². The minimum absolute atomic E-state index is 0.103. The van der Waals surface area contributed by atoms with Gasteiger partial charge < -0.3 is 4.74 Å². The van der Waals surface area contributed by atoms with Crippen LogP contribution in [-0.4, -0.2) is 18.4 Å². The van der Waals surface area contributed by atoms with Gasteiger partial charge in [-0.3, -0.25) is 9.59 Å². The summed E-state index contributed by atoms with van der Waals surface area (Å²) in [6.45, 7) is 7.55. The lowest BCUT2D eigenvalue weighted by atomic mass is 9.81. The van der Waals surface area contributed by atoms with Crippen molar-refractivity contribution < 1.29 is 14.3 Å². The maximum absolute atomic E-state index is 11.7. The third kappa shape index (κ3) is 1.72. The molecule has 0 bridgehead atoms. The Balaban J connectivity index is 2.91. The summed E-state index contributed by atoms with van der Waals surface area (Å²) in [5.41, 5.74) is 0.251. The third-order valence-corrected chi connectivity index (χ3v) is 2.51. The van der Waals surface area contributed by atoms with Crippen molar-refractivity contribution in [1.82, 2.24) is 0 Å². The van der Waals surface area contributed by atoms with Gasteiger partial charge in [0.15, 0.2) is 5.78 Å². The third-order valence-electron chi connectivity index (χ3n) is 2.51. The molecule has 3 heteroatoms.